The zero-order chi connectivity index (χ0) is 7.83. The van der Waals surface area contributed by atoms with E-state index in [-0.39, 0.29) is 6.61 Å². The number of ether oxygens (including phenoxy) is 1. The summed E-state index contributed by atoms with van der Waals surface area (Å²) in [6.45, 7) is 0.167. The van der Waals surface area contributed by atoms with Gasteiger partial charge in [-0.1, -0.05) is 0 Å². The van der Waals surface area contributed by atoms with E-state index in [1.807, 2.05) is 0 Å². The molecule has 0 bridgehead atoms. The van der Waals surface area contributed by atoms with Crippen molar-refractivity contribution in [1.82, 2.24) is 0 Å². The quantitative estimate of drug-likeness (QED) is 0.597. The van der Waals surface area contributed by atoms with E-state index in [1.165, 1.54) is 6.92 Å². The Morgan fingerprint density at radius 1 is 1.50 bits per heavy atom. The van der Waals surface area contributed by atoms with E-state index in [4.69, 9.17) is 5.11 Å². The first kappa shape index (κ1) is 7.88. The van der Waals surface area contributed by atoms with Crippen molar-refractivity contribution in [2.45, 2.75) is 12.8 Å². The van der Waals surface area contributed by atoms with Gasteiger partial charge in [-0.15, -0.1) is 0 Å². The molecular formula is C6H10F2O2. The Labute approximate surface area is 57.8 Å². The van der Waals surface area contributed by atoms with E-state index in [2.05, 4.69) is 4.74 Å². The van der Waals surface area contributed by atoms with Crippen molar-refractivity contribution in [3.05, 3.63) is 0 Å². The van der Waals surface area contributed by atoms with Crippen LogP contribution in [0.2, 0.25) is 0 Å². The van der Waals surface area contributed by atoms with E-state index in [0.29, 0.717) is 0 Å². The lowest BCUT2D eigenvalue weighted by Gasteiger charge is -2.25. The van der Waals surface area contributed by atoms with Gasteiger partial charge < -0.3 is 9.84 Å². The van der Waals surface area contributed by atoms with Crippen LogP contribution < -0.4 is 0 Å². The van der Waals surface area contributed by atoms with E-state index in [9.17, 15) is 8.78 Å². The molecule has 0 saturated carbocycles. The molecule has 1 saturated heterocycles. The smallest absolute Gasteiger partial charge is 0.280 e. The summed E-state index contributed by atoms with van der Waals surface area (Å²) in [5, 5.41) is 8.60. The normalized spacial score (nSPS) is 38.4. The summed E-state index contributed by atoms with van der Waals surface area (Å²) in [5.74, 6) is -2.87. The molecule has 0 aromatic carbocycles. The molecule has 1 N–H and O–H groups in total. The predicted molar refractivity (Wildman–Crippen MR) is 31.0 cm³/mol. The molecule has 0 aromatic heterocycles. The second-order valence-corrected chi connectivity index (χ2v) is 2.92. The first-order valence-corrected chi connectivity index (χ1v) is 3.08. The highest BCUT2D eigenvalue weighted by Crippen LogP contribution is 2.41. The maximum atomic E-state index is 12.7. The first-order chi connectivity index (χ1) is 4.52. The summed E-state index contributed by atoms with van der Waals surface area (Å²) in [6, 6.07) is 0. The second-order valence-electron chi connectivity index (χ2n) is 2.92. The highest BCUT2D eigenvalue weighted by atomic mass is 19.3. The largest absolute Gasteiger partial charge is 0.395 e. The molecule has 1 aliphatic rings. The lowest BCUT2D eigenvalue weighted by molar-refractivity contribution is -0.0978. The van der Waals surface area contributed by atoms with Crippen molar-refractivity contribution in [2.24, 2.45) is 5.41 Å². The number of aliphatic hydroxyl groups excluding tert-OH is 1. The van der Waals surface area contributed by atoms with E-state index < -0.39 is 24.6 Å². The third-order valence-electron chi connectivity index (χ3n) is 1.94. The Balaban J connectivity index is 2.76. The van der Waals surface area contributed by atoms with Crippen LogP contribution >= 0.6 is 0 Å². The van der Waals surface area contributed by atoms with Gasteiger partial charge in [0, 0.05) is 0 Å². The van der Waals surface area contributed by atoms with Crippen LogP contribution in [0, 0.1) is 5.41 Å². The molecule has 0 aromatic rings. The van der Waals surface area contributed by atoms with Crippen LogP contribution in [0.15, 0.2) is 0 Å². The molecule has 1 fully saturated rings. The Kier molecular flexibility index (Phi) is 1.68. The first-order valence-electron chi connectivity index (χ1n) is 3.08. The van der Waals surface area contributed by atoms with Crippen LogP contribution in [-0.4, -0.2) is 30.8 Å². The molecule has 2 nitrogen and oxygen atoms in total. The van der Waals surface area contributed by atoms with Crippen molar-refractivity contribution < 1.29 is 18.6 Å². The molecule has 60 valence electrons. The summed E-state index contributed by atoms with van der Waals surface area (Å²) in [4.78, 5) is 0. The average molecular weight is 152 g/mol. The van der Waals surface area contributed by atoms with Crippen LogP contribution in [0.4, 0.5) is 8.78 Å². The fourth-order valence-electron chi connectivity index (χ4n) is 0.846. The average Bonchev–Trinajstić information content (AvgIpc) is 2.10. The lowest BCUT2D eigenvalue weighted by Crippen LogP contribution is -2.40. The van der Waals surface area contributed by atoms with Crippen molar-refractivity contribution in [3.63, 3.8) is 0 Å². The minimum absolute atomic E-state index is 0.0590. The second kappa shape index (κ2) is 2.13. The zero-order valence-corrected chi connectivity index (χ0v) is 5.73. The van der Waals surface area contributed by atoms with Crippen LogP contribution in [0.3, 0.4) is 0 Å². The molecule has 1 rings (SSSR count). The minimum Gasteiger partial charge on any atom is -0.395 e. The van der Waals surface area contributed by atoms with Gasteiger partial charge in [-0.25, -0.2) is 8.78 Å². The molecule has 10 heavy (non-hydrogen) atoms. The molecular weight excluding hydrogens is 142 g/mol. The highest BCUT2D eigenvalue weighted by Gasteiger charge is 2.54. The number of halogens is 2. The minimum atomic E-state index is -2.87. The fraction of sp³-hybridized carbons (Fsp3) is 1.00. The third kappa shape index (κ3) is 0.914. The van der Waals surface area contributed by atoms with Gasteiger partial charge >= 0.3 is 0 Å². The van der Waals surface area contributed by atoms with Crippen molar-refractivity contribution in [3.8, 4) is 0 Å². The zero-order valence-electron chi connectivity index (χ0n) is 5.73. The molecule has 4 heteroatoms. The van der Waals surface area contributed by atoms with Crippen molar-refractivity contribution in [2.75, 3.05) is 19.8 Å². The third-order valence-corrected chi connectivity index (χ3v) is 1.94. The van der Waals surface area contributed by atoms with Gasteiger partial charge in [0.1, 0.15) is 6.61 Å². The molecule has 1 atom stereocenters. The summed E-state index contributed by atoms with van der Waals surface area (Å²) >= 11 is 0. The van der Waals surface area contributed by atoms with Gasteiger partial charge in [-0.3, -0.25) is 0 Å². The maximum Gasteiger partial charge on any atom is 0.280 e. The van der Waals surface area contributed by atoms with Crippen LogP contribution in [-0.2, 0) is 4.74 Å². The molecule has 0 unspecified atom stereocenters. The topological polar surface area (TPSA) is 29.5 Å². The summed E-state index contributed by atoms with van der Waals surface area (Å²) < 4.78 is 30.0. The maximum absolute atomic E-state index is 12.7. The fourth-order valence-corrected chi connectivity index (χ4v) is 0.846. The monoisotopic (exact) mass is 152 g/mol. The Bertz CT molecular complexity index is 138. The number of alkyl halides is 2. The summed E-state index contributed by atoms with van der Waals surface area (Å²) in [7, 11) is 0. The lowest BCUT2D eigenvalue weighted by atomic mass is 9.88. The van der Waals surface area contributed by atoms with Crippen molar-refractivity contribution in [1.29, 1.82) is 0 Å². The van der Waals surface area contributed by atoms with Gasteiger partial charge in [-0.05, 0) is 6.92 Å². The van der Waals surface area contributed by atoms with E-state index in [0.717, 1.165) is 0 Å². The molecule has 0 amide bonds. The van der Waals surface area contributed by atoms with E-state index in [1.54, 1.807) is 0 Å². The van der Waals surface area contributed by atoms with Crippen LogP contribution in [0.5, 0.6) is 0 Å². The van der Waals surface area contributed by atoms with Gasteiger partial charge in [0.15, 0.2) is 0 Å². The van der Waals surface area contributed by atoms with Crippen molar-refractivity contribution >= 4 is 0 Å². The van der Waals surface area contributed by atoms with Gasteiger partial charge in [0.05, 0.1) is 18.6 Å². The Hall–Kier alpha value is -0.220. The highest BCUT2D eigenvalue weighted by molar-refractivity contribution is 4.92. The van der Waals surface area contributed by atoms with Gasteiger partial charge in [-0.2, -0.15) is 0 Å². The van der Waals surface area contributed by atoms with E-state index >= 15 is 0 Å². The molecule has 0 spiro atoms. The Morgan fingerprint density at radius 3 is 2.30 bits per heavy atom. The number of hydrogen-bond donors (Lipinski definition) is 1. The summed E-state index contributed by atoms with van der Waals surface area (Å²) in [6.07, 6.45) is 0. The molecule has 0 aliphatic carbocycles. The number of rotatable bonds is 1. The molecule has 0 radical (unpaired) electrons. The van der Waals surface area contributed by atoms with Crippen LogP contribution in [0.1, 0.15) is 6.92 Å². The van der Waals surface area contributed by atoms with Gasteiger partial charge in [0.25, 0.3) is 5.92 Å². The summed E-state index contributed by atoms with van der Waals surface area (Å²) in [5.41, 5.74) is -1.37. The predicted octanol–water partition coefficient (Wildman–Crippen LogP) is 0.650. The molecule has 1 heterocycles. The molecule has 1 aliphatic heterocycles. The van der Waals surface area contributed by atoms with Gasteiger partial charge in [0.2, 0.25) is 0 Å². The number of hydrogen-bond acceptors (Lipinski definition) is 2. The number of aliphatic hydroxyl groups is 1. The van der Waals surface area contributed by atoms with Crippen LogP contribution in [0.25, 0.3) is 0 Å². The SMILES string of the molecule is C[C@@]1(CO)COCC1(F)F. The Morgan fingerprint density at radius 2 is 2.10 bits per heavy atom. The standard InChI is InChI=1S/C6H10F2O2/c1-5(2-9)3-10-4-6(5,7)8/h9H,2-4H2,1H3/t5-/m1/s1.